The topological polar surface area (TPSA) is 85.6 Å². The van der Waals surface area contributed by atoms with E-state index in [1.165, 1.54) is 48.1 Å². The lowest BCUT2D eigenvalue weighted by Crippen LogP contribution is -2.12. The molecule has 0 bridgehead atoms. The van der Waals surface area contributed by atoms with Crippen LogP contribution < -0.4 is 5.32 Å². The van der Waals surface area contributed by atoms with Crippen molar-refractivity contribution in [3.05, 3.63) is 16.9 Å². The van der Waals surface area contributed by atoms with Crippen molar-refractivity contribution >= 4 is 22.4 Å². The molecule has 1 aliphatic carbocycles. The average Bonchev–Trinajstić information content (AvgIpc) is 3.09. The Kier molecular flexibility index (Phi) is 3.72. The van der Waals surface area contributed by atoms with Crippen molar-refractivity contribution in [2.75, 3.05) is 5.32 Å². The third-order valence-corrected chi connectivity index (χ3v) is 4.45. The highest BCUT2D eigenvalue weighted by Gasteiger charge is 2.20. The van der Waals surface area contributed by atoms with Crippen LogP contribution >= 0.6 is 11.3 Å². The number of carbonyl (C=O) groups excluding carboxylic acids is 1. The Labute approximate surface area is 120 Å². The van der Waals surface area contributed by atoms with Crippen LogP contribution in [0.25, 0.3) is 0 Å². The molecule has 0 atom stereocenters. The molecular weight excluding hydrogens is 276 g/mol. The maximum atomic E-state index is 11.9. The van der Waals surface area contributed by atoms with E-state index in [4.69, 9.17) is 0 Å². The van der Waals surface area contributed by atoms with Crippen LogP contribution in [0.5, 0.6) is 0 Å². The van der Waals surface area contributed by atoms with Crippen LogP contribution in [0.2, 0.25) is 0 Å². The van der Waals surface area contributed by atoms with Gasteiger partial charge < -0.3 is 0 Å². The van der Waals surface area contributed by atoms with Crippen LogP contribution in [0, 0.1) is 0 Å². The Balaban J connectivity index is 1.66. The lowest BCUT2D eigenvalue weighted by atomic mass is 9.90. The van der Waals surface area contributed by atoms with E-state index in [2.05, 4.69) is 25.8 Å². The molecule has 2 heterocycles. The summed E-state index contributed by atoms with van der Waals surface area (Å²) in [6.45, 7) is 0. The number of rotatable bonds is 3. The SMILES string of the molecule is Cn1cc(C(=O)Nc2nnc(C3CCCCC3)s2)nn1. The standard InChI is InChI=1S/C12H16N6OS/c1-18-7-9(14-17-18)10(19)13-12-16-15-11(20-12)8-5-3-2-4-6-8/h7-8H,2-6H2,1H3,(H,13,16,19). The summed E-state index contributed by atoms with van der Waals surface area (Å²) in [4.78, 5) is 11.9. The molecule has 1 N–H and O–H groups in total. The normalized spacial score (nSPS) is 16.2. The second kappa shape index (κ2) is 5.66. The number of carbonyl (C=O) groups is 1. The lowest BCUT2D eigenvalue weighted by Gasteiger charge is -2.18. The van der Waals surface area contributed by atoms with Crippen LogP contribution in [-0.4, -0.2) is 31.1 Å². The fraction of sp³-hybridized carbons (Fsp3) is 0.583. The Morgan fingerprint density at radius 2 is 2.10 bits per heavy atom. The van der Waals surface area contributed by atoms with Gasteiger partial charge in [0.15, 0.2) is 5.69 Å². The first-order valence-electron chi connectivity index (χ1n) is 6.73. The molecule has 2 aromatic heterocycles. The highest BCUT2D eigenvalue weighted by molar-refractivity contribution is 7.15. The van der Waals surface area contributed by atoms with E-state index < -0.39 is 0 Å². The smallest absolute Gasteiger partial charge is 0.279 e. The minimum absolute atomic E-state index is 0.280. The van der Waals surface area contributed by atoms with Gasteiger partial charge >= 0.3 is 0 Å². The molecule has 1 aliphatic rings. The summed E-state index contributed by atoms with van der Waals surface area (Å²) < 4.78 is 1.49. The summed E-state index contributed by atoms with van der Waals surface area (Å²) in [5.41, 5.74) is 0.280. The summed E-state index contributed by atoms with van der Waals surface area (Å²) >= 11 is 1.46. The van der Waals surface area contributed by atoms with Gasteiger partial charge in [-0.3, -0.25) is 14.8 Å². The fourth-order valence-electron chi connectivity index (χ4n) is 2.41. The van der Waals surface area contributed by atoms with E-state index in [9.17, 15) is 4.79 Å². The van der Waals surface area contributed by atoms with Gasteiger partial charge in [-0.05, 0) is 12.8 Å². The number of hydrogen-bond acceptors (Lipinski definition) is 6. The van der Waals surface area contributed by atoms with Crippen molar-refractivity contribution in [3.63, 3.8) is 0 Å². The van der Waals surface area contributed by atoms with Gasteiger partial charge in [0.1, 0.15) is 5.01 Å². The Morgan fingerprint density at radius 1 is 1.30 bits per heavy atom. The van der Waals surface area contributed by atoms with Crippen molar-refractivity contribution in [2.45, 2.75) is 38.0 Å². The van der Waals surface area contributed by atoms with Crippen LogP contribution in [0.1, 0.15) is 53.5 Å². The summed E-state index contributed by atoms with van der Waals surface area (Å²) in [6, 6.07) is 0. The van der Waals surface area contributed by atoms with Crippen molar-refractivity contribution in [2.24, 2.45) is 7.05 Å². The molecule has 0 radical (unpaired) electrons. The van der Waals surface area contributed by atoms with Gasteiger partial charge in [-0.15, -0.1) is 15.3 Å². The molecule has 0 spiro atoms. The largest absolute Gasteiger partial charge is 0.295 e. The van der Waals surface area contributed by atoms with Crippen LogP contribution in [0.4, 0.5) is 5.13 Å². The molecule has 1 amide bonds. The minimum Gasteiger partial charge on any atom is -0.295 e. The van der Waals surface area contributed by atoms with Gasteiger partial charge in [-0.2, -0.15) is 0 Å². The molecule has 0 unspecified atom stereocenters. The van der Waals surface area contributed by atoms with Gasteiger partial charge in [0.05, 0.1) is 6.20 Å². The van der Waals surface area contributed by atoms with Crippen molar-refractivity contribution in [3.8, 4) is 0 Å². The first-order chi connectivity index (χ1) is 9.72. The zero-order chi connectivity index (χ0) is 13.9. The Hall–Kier alpha value is -1.83. The van der Waals surface area contributed by atoms with Gasteiger partial charge in [0.2, 0.25) is 5.13 Å². The maximum absolute atomic E-state index is 11.9. The predicted octanol–water partition coefficient (Wildman–Crippen LogP) is 1.97. The number of anilines is 1. The Bertz CT molecular complexity index is 601. The summed E-state index contributed by atoms with van der Waals surface area (Å²) in [6.07, 6.45) is 7.74. The van der Waals surface area contributed by atoms with Crippen LogP contribution in [0.15, 0.2) is 6.20 Å². The fourth-order valence-corrected chi connectivity index (χ4v) is 3.32. The molecule has 0 aliphatic heterocycles. The van der Waals surface area contributed by atoms with Crippen molar-refractivity contribution < 1.29 is 4.79 Å². The van der Waals surface area contributed by atoms with Gasteiger partial charge in [-0.1, -0.05) is 35.8 Å². The quantitative estimate of drug-likeness (QED) is 0.934. The van der Waals surface area contributed by atoms with E-state index in [0.29, 0.717) is 11.0 Å². The Morgan fingerprint density at radius 3 is 2.80 bits per heavy atom. The highest BCUT2D eigenvalue weighted by atomic mass is 32.1. The molecule has 2 aromatic rings. The van der Waals surface area contributed by atoms with Gasteiger partial charge in [-0.25, -0.2) is 0 Å². The lowest BCUT2D eigenvalue weighted by molar-refractivity contribution is 0.102. The molecule has 20 heavy (non-hydrogen) atoms. The maximum Gasteiger partial charge on any atom is 0.279 e. The minimum atomic E-state index is -0.301. The molecule has 0 saturated heterocycles. The van der Waals surface area contributed by atoms with Gasteiger partial charge in [0.25, 0.3) is 5.91 Å². The highest BCUT2D eigenvalue weighted by Crippen LogP contribution is 2.35. The number of hydrogen-bond donors (Lipinski definition) is 1. The monoisotopic (exact) mass is 292 g/mol. The molecule has 0 aromatic carbocycles. The van der Waals surface area contributed by atoms with Crippen molar-refractivity contribution in [1.82, 2.24) is 25.2 Å². The van der Waals surface area contributed by atoms with E-state index in [0.717, 1.165) is 5.01 Å². The molecular formula is C12H16N6OS. The second-order valence-electron chi connectivity index (χ2n) is 5.01. The third kappa shape index (κ3) is 2.84. The summed E-state index contributed by atoms with van der Waals surface area (Å²) in [5, 5.41) is 20.0. The van der Waals surface area contributed by atoms with E-state index in [1.807, 2.05) is 0 Å². The first-order valence-corrected chi connectivity index (χ1v) is 7.55. The summed E-state index contributed by atoms with van der Waals surface area (Å²) in [7, 11) is 1.72. The van der Waals surface area contributed by atoms with Gasteiger partial charge in [0, 0.05) is 13.0 Å². The number of nitrogens with zero attached hydrogens (tertiary/aromatic N) is 5. The third-order valence-electron chi connectivity index (χ3n) is 3.45. The second-order valence-corrected chi connectivity index (χ2v) is 6.02. The number of amides is 1. The molecule has 8 heteroatoms. The number of nitrogens with one attached hydrogen (secondary N) is 1. The van der Waals surface area contributed by atoms with E-state index >= 15 is 0 Å². The summed E-state index contributed by atoms with van der Waals surface area (Å²) in [5.74, 6) is 0.202. The average molecular weight is 292 g/mol. The molecule has 1 saturated carbocycles. The predicted molar refractivity (Wildman–Crippen MR) is 74.7 cm³/mol. The first kappa shape index (κ1) is 13.2. The van der Waals surface area contributed by atoms with E-state index in [1.54, 1.807) is 13.2 Å². The number of aromatic nitrogens is 5. The molecule has 7 nitrogen and oxygen atoms in total. The molecule has 106 valence electrons. The van der Waals surface area contributed by atoms with E-state index in [-0.39, 0.29) is 11.6 Å². The zero-order valence-electron chi connectivity index (χ0n) is 11.2. The molecule has 1 fully saturated rings. The van der Waals surface area contributed by atoms with Crippen LogP contribution in [0.3, 0.4) is 0 Å². The number of aryl methyl sites for hydroxylation is 1. The molecule has 3 rings (SSSR count). The van der Waals surface area contributed by atoms with Crippen molar-refractivity contribution in [1.29, 1.82) is 0 Å². The zero-order valence-corrected chi connectivity index (χ0v) is 12.1. The van der Waals surface area contributed by atoms with Crippen LogP contribution in [-0.2, 0) is 7.05 Å².